The second-order valence-corrected chi connectivity index (χ2v) is 7.66. The van der Waals surface area contributed by atoms with Crippen molar-refractivity contribution in [2.45, 2.75) is 19.4 Å². The Morgan fingerprint density at radius 1 is 1.15 bits per heavy atom. The van der Waals surface area contributed by atoms with Gasteiger partial charge in [0.1, 0.15) is 0 Å². The predicted octanol–water partition coefficient (Wildman–Crippen LogP) is 4.37. The number of thiazole rings is 1. The highest BCUT2D eigenvalue weighted by molar-refractivity contribution is 7.16. The van der Waals surface area contributed by atoms with E-state index in [-0.39, 0.29) is 5.91 Å². The van der Waals surface area contributed by atoms with Gasteiger partial charge in [-0.1, -0.05) is 30.3 Å². The molecule has 5 heteroatoms. The number of rotatable bonds is 5. The van der Waals surface area contributed by atoms with Gasteiger partial charge in [-0.3, -0.25) is 4.79 Å². The van der Waals surface area contributed by atoms with E-state index in [4.69, 9.17) is 4.74 Å². The molecule has 0 saturated carbocycles. The van der Waals surface area contributed by atoms with Gasteiger partial charge >= 0.3 is 0 Å². The standard InChI is InChI=1S/C21H22N2O2S/c24-21(18-6-7-19-20(12-18)26-15-22-19)23-10-8-17(9-11-23)14-25-13-16-4-2-1-3-5-16/h1-7,12,15,17H,8-11,13-14H2. The smallest absolute Gasteiger partial charge is 0.253 e. The molecule has 2 aromatic carbocycles. The predicted molar refractivity (Wildman–Crippen MR) is 104 cm³/mol. The van der Waals surface area contributed by atoms with E-state index < -0.39 is 0 Å². The first-order chi connectivity index (χ1) is 12.8. The van der Waals surface area contributed by atoms with Gasteiger partial charge in [-0.25, -0.2) is 4.98 Å². The van der Waals surface area contributed by atoms with Gasteiger partial charge in [-0.05, 0) is 42.5 Å². The molecule has 1 amide bonds. The molecule has 0 unspecified atom stereocenters. The van der Waals surface area contributed by atoms with E-state index in [0.717, 1.165) is 48.3 Å². The minimum absolute atomic E-state index is 0.129. The van der Waals surface area contributed by atoms with Crippen LogP contribution < -0.4 is 0 Å². The minimum atomic E-state index is 0.129. The molecule has 0 spiro atoms. The van der Waals surface area contributed by atoms with Gasteiger partial charge in [0.15, 0.2) is 0 Å². The van der Waals surface area contributed by atoms with Crippen molar-refractivity contribution in [2.24, 2.45) is 5.92 Å². The van der Waals surface area contributed by atoms with Crippen LogP contribution in [-0.4, -0.2) is 35.5 Å². The number of hydrogen-bond acceptors (Lipinski definition) is 4. The fraction of sp³-hybridized carbons (Fsp3) is 0.333. The number of amides is 1. The van der Waals surface area contributed by atoms with Crippen molar-refractivity contribution in [1.29, 1.82) is 0 Å². The maximum atomic E-state index is 12.7. The Labute approximate surface area is 157 Å². The zero-order valence-corrected chi connectivity index (χ0v) is 15.5. The molecule has 1 aromatic heterocycles. The third-order valence-electron chi connectivity index (χ3n) is 4.95. The summed E-state index contributed by atoms with van der Waals surface area (Å²) < 4.78 is 6.94. The van der Waals surface area contributed by atoms with Crippen LogP contribution in [0.3, 0.4) is 0 Å². The highest BCUT2D eigenvalue weighted by Gasteiger charge is 2.24. The topological polar surface area (TPSA) is 42.4 Å². The summed E-state index contributed by atoms with van der Waals surface area (Å²) in [5.41, 5.74) is 4.75. The molecule has 0 atom stereocenters. The molecule has 134 valence electrons. The van der Waals surface area contributed by atoms with E-state index in [9.17, 15) is 4.79 Å². The van der Waals surface area contributed by atoms with Crippen molar-refractivity contribution < 1.29 is 9.53 Å². The Bertz CT molecular complexity index is 870. The van der Waals surface area contributed by atoms with E-state index in [0.29, 0.717) is 12.5 Å². The van der Waals surface area contributed by atoms with Crippen LogP contribution in [0.4, 0.5) is 0 Å². The van der Waals surface area contributed by atoms with Crippen molar-refractivity contribution in [1.82, 2.24) is 9.88 Å². The summed E-state index contributed by atoms with van der Waals surface area (Å²) in [4.78, 5) is 19.0. The molecular formula is C21H22N2O2S. The molecule has 4 rings (SSSR count). The molecule has 0 aliphatic carbocycles. The highest BCUT2D eigenvalue weighted by atomic mass is 32.1. The monoisotopic (exact) mass is 366 g/mol. The van der Waals surface area contributed by atoms with Gasteiger partial charge in [-0.15, -0.1) is 11.3 Å². The summed E-state index contributed by atoms with van der Waals surface area (Å²) >= 11 is 1.57. The number of piperidine rings is 1. The molecular weight excluding hydrogens is 344 g/mol. The quantitative estimate of drug-likeness (QED) is 0.673. The molecule has 0 bridgehead atoms. The largest absolute Gasteiger partial charge is 0.376 e. The molecule has 1 aliphatic heterocycles. The first kappa shape index (κ1) is 17.2. The van der Waals surface area contributed by atoms with Gasteiger partial charge < -0.3 is 9.64 Å². The van der Waals surface area contributed by atoms with Crippen molar-refractivity contribution in [3.05, 3.63) is 65.2 Å². The number of carbonyl (C=O) groups excluding carboxylic acids is 1. The van der Waals surface area contributed by atoms with Crippen LogP contribution in [0.15, 0.2) is 54.0 Å². The number of fused-ring (bicyclic) bond motifs is 1. The van der Waals surface area contributed by atoms with Crippen molar-refractivity contribution in [2.75, 3.05) is 19.7 Å². The Morgan fingerprint density at radius 3 is 2.77 bits per heavy atom. The average Bonchev–Trinajstić information content (AvgIpc) is 3.17. The first-order valence-corrected chi connectivity index (χ1v) is 9.92. The number of benzene rings is 2. The molecule has 1 saturated heterocycles. The molecule has 1 fully saturated rings. The van der Waals surface area contributed by atoms with Crippen LogP contribution in [0.25, 0.3) is 10.2 Å². The van der Waals surface area contributed by atoms with Gasteiger partial charge in [0.2, 0.25) is 0 Å². The van der Waals surface area contributed by atoms with Crippen molar-refractivity contribution >= 4 is 27.5 Å². The molecule has 2 heterocycles. The second-order valence-electron chi connectivity index (χ2n) is 6.77. The minimum Gasteiger partial charge on any atom is -0.376 e. The van der Waals surface area contributed by atoms with Gasteiger partial charge in [0.05, 0.1) is 22.3 Å². The number of likely N-dealkylation sites (tertiary alicyclic amines) is 1. The molecule has 4 nitrogen and oxygen atoms in total. The Morgan fingerprint density at radius 2 is 1.96 bits per heavy atom. The SMILES string of the molecule is O=C(c1ccc2ncsc2c1)N1CCC(COCc2ccccc2)CC1. The number of aromatic nitrogens is 1. The van der Waals surface area contributed by atoms with E-state index in [2.05, 4.69) is 17.1 Å². The lowest BCUT2D eigenvalue weighted by Crippen LogP contribution is -2.39. The zero-order chi connectivity index (χ0) is 17.8. The van der Waals surface area contributed by atoms with E-state index in [1.807, 2.05) is 46.8 Å². The summed E-state index contributed by atoms with van der Waals surface area (Å²) in [5.74, 6) is 0.663. The fourth-order valence-corrected chi connectivity index (χ4v) is 4.11. The van der Waals surface area contributed by atoms with Gasteiger partial charge in [-0.2, -0.15) is 0 Å². The Balaban J connectivity index is 1.27. The number of nitrogens with zero attached hydrogens (tertiary/aromatic N) is 2. The maximum Gasteiger partial charge on any atom is 0.253 e. The summed E-state index contributed by atoms with van der Waals surface area (Å²) in [6.45, 7) is 3.04. The summed E-state index contributed by atoms with van der Waals surface area (Å²) in [7, 11) is 0. The van der Waals surface area contributed by atoms with Gasteiger partial charge in [0, 0.05) is 25.3 Å². The fourth-order valence-electron chi connectivity index (χ4n) is 3.39. The molecule has 3 aromatic rings. The van der Waals surface area contributed by atoms with Crippen molar-refractivity contribution in [3.8, 4) is 0 Å². The number of hydrogen-bond donors (Lipinski definition) is 0. The second kappa shape index (κ2) is 7.98. The van der Waals surface area contributed by atoms with Gasteiger partial charge in [0.25, 0.3) is 5.91 Å². The Hall–Kier alpha value is -2.24. The number of ether oxygens (including phenoxy) is 1. The zero-order valence-electron chi connectivity index (χ0n) is 14.6. The highest BCUT2D eigenvalue weighted by Crippen LogP contribution is 2.23. The molecule has 26 heavy (non-hydrogen) atoms. The van der Waals surface area contributed by atoms with Crippen molar-refractivity contribution in [3.63, 3.8) is 0 Å². The molecule has 0 N–H and O–H groups in total. The number of carbonyl (C=O) groups is 1. The summed E-state index contributed by atoms with van der Waals surface area (Å²) in [6, 6.07) is 16.0. The average molecular weight is 366 g/mol. The van der Waals surface area contributed by atoms with Crippen LogP contribution in [0.5, 0.6) is 0 Å². The lowest BCUT2D eigenvalue weighted by Gasteiger charge is -2.32. The van der Waals surface area contributed by atoms with E-state index >= 15 is 0 Å². The van der Waals surface area contributed by atoms with E-state index in [1.165, 1.54) is 5.56 Å². The summed E-state index contributed by atoms with van der Waals surface area (Å²) in [5, 5.41) is 0. The van der Waals surface area contributed by atoms with Crippen LogP contribution in [0.1, 0.15) is 28.8 Å². The van der Waals surface area contributed by atoms with Crippen LogP contribution in [0.2, 0.25) is 0 Å². The van der Waals surface area contributed by atoms with Crippen LogP contribution in [-0.2, 0) is 11.3 Å². The van der Waals surface area contributed by atoms with E-state index in [1.54, 1.807) is 11.3 Å². The van der Waals surface area contributed by atoms with Crippen LogP contribution >= 0.6 is 11.3 Å². The lowest BCUT2D eigenvalue weighted by molar-refractivity contribution is 0.0478. The Kier molecular flexibility index (Phi) is 5.27. The summed E-state index contributed by atoms with van der Waals surface area (Å²) in [6.07, 6.45) is 2.01. The van der Waals surface area contributed by atoms with Crippen LogP contribution in [0, 0.1) is 5.92 Å². The molecule has 0 radical (unpaired) electrons. The third-order valence-corrected chi connectivity index (χ3v) is 5.74. The maximum absolute atomic E-state index is 12.7. The third kappa shape index (κ3) is 3.94. The first-order valence-electron chi connectivity index (χ1n) is 9.04. The molecule has 1 aliphatic rings. The lowest BCUT2D eigenvalue weighted by atomic mass is 9.97. The normalized spacial score (nSPS) is 15.5.